The van der Waals surface area contributed by atoms with E-state index in [2.05, 4.69) is 0 Å². The van der Waals surface area contributed by atoms with E-state index >= 15 is 0 Å². The minimum Gasteiger partial charge on any atom is -0.465 e. The molecule has 0 heterocycles. The van der Waals surface area contributed by atoms with Crippen LogP contribution < -0.4 is 0 Å². The monoisotopic (exact) mass is 235 g/mol. The van der Waals surface area contributed by atoms with E-state index in [1.807, 2.05) is 30.3 Å². The lowest BCUT2D eigenvalue weighted by atomic mass is 10.1. The Kier molecular flexibility index (Phi) is 3.64. The van der Waals surface area contributed by atoms with Crippen LogP contribution in [0.4, 0.5) is 4.79 Å². The Morgan fingerprint density at radius 2 is 2.00 bits per heavy atom. The summed E-state index contributed by atoms with van der Waals surface area (Å²) in [6.45, 7) is 0.396. The first kappa shape index (κ1) is 11.9. The molecule has 0 saturated heterocycles. The summed E-state index contributed by atoms with van der Waals surface area (Å²) in [7, 11) is 0. The first-order chi connectivity index (χ1) is 8.16. The lowest BCUT2D eigenvalue weighted by molar-refractivity contribution is 0.113. The molecule has 1 saturated carbocycles. The SMILES string of the molecule is O=C(O)N(Cc1ccccc1)C1CCC(O)C1. The molecular weight excluding hydrogens is 218 g/mol. The molecule has 1 aliphatic rings. The molecule has 2 N–H and O–H groups in total. The molecule has 1 aromatic carbocycles. The molecule has 1 fully saturated rings. The summed E-state index contributed by atoms with van der Waals surface area (Å²) in [5.74, 6) is 0. The number of nitrogens with zero attached hydrogens (tertiary/aromatic N) is 1. The maximum atomic E-state index is 11.2. The first-order valence-corrected chi connectivity index (χ1v) is 5.88. The Bertz CT molecular complexity index is 380. The molecule has 17 heavy (non-hydrogen) atoms. The predicted molar refractivity (Wildman–Crippen MR) is 63.7 cm³/mol. The van der Waals surface area contributed by atoms with Gasteiger partial charge in [0, 0.05) is 12.6 Å². The van der Waals surface area contributed by atoms with Gasteiger partial charge in [-0.05, 0) is 24.8 Å². The average molecular weight is 235 g/mol. The molecule has 1 aromatic rings. The number of aliphatic hydroxyl groups is 1. The number of hydrogen-bond acceptors (Lipinski definition) is 2. The zero-order valence-electron chi connectivity index (χ0n) is 9.62. The van der Waals surface area contributed by atoms with Crippen LogP contribution in [0.1, 0.15) is 24.8 Å². The van der Waals surface area contributed by atoms with E-state index in [9.17, 15) is 15.0 Å². The molecule has 4 nitrogen and oxygen atoms in total. The van der Waals surface area contributed by atoms with Crippen LogP contribution in [0.15, 0.2) is 30.3 Å². The molecule has 0 spiro atoms. The summed E-state index contributed by atoms with van der Waals surface area (Å²) in [4.78, 5) is 12.7. The quantitative estimate of drug-likeness (QED) is 0.843. The Morgan fingerprint density at radius 3 is 2.53 bits per heavy atom. The fraction of sp³-hybridized carbons (Fsp3) is 0.462. The predicted octanol–water partition coefficient (Wildman–Crippen LogP) is 2.08. The summed E-state index contributed by atoms with van der Waals surface area (Å²) < 4.78 is 0. The summed E-state index contributed by atoms with van der Waals surface area (Å²) in [5, 5.41) is 18.7. The third-order valence-corrected chi connectivity index (χ3v) is 3.26. The normalized spacial score (nSPS) is 23.6. The zero-order chi connectivity index (χ0) is 12.3. The van der Waals surface area contributed by atoms with Crippen LogP contribution in [0, 0.1) is 0 Å². The van der Waals surface area contributed by atoms with Gasteiger partial charge in [0.2, 0.25) is 0 Å². The van der Waals surface area contributed by atoms with Crippen molar-refractivity contribution in [2.24, 2.45) is 0 Å². The van der Waals surface area contributed by atoms with Crippen molar-refractivity contribution in [2.75, 3.05) is 0 Å². The number of amides is 1. The fourth-order valence-corrected chi connectivity index (χ4v) is 2.35. The average Bonchev–Trinajstić information content (AvgIpc) is 2.73. The summed E-state index contributed by atoms with van der Waals surface area (Å²) in [6.07, 6.45) is 0.744. The Hall–Kier alpha value is -1.55. The van der Waals surface area contributed by atoms with Crippen LogP contribution in [0.5, 0.6) is 0 Å². The zero-order valence-corrected chi connectivity index (χ0v) is 9.62. The largest absolute Gasteiger partial charge is 0.465 e. The van der Waals surface area contributed by atoms with Crippen LogP contribution in [-0.2, 0) is 6.54 Å². The molecule has 92 valence electrons. The van der Waals surface area contributed by atoms with E-state index in [1.165, 1.54) is 4.90 Å². The van der Waals surface area contributed by atoms with Gasteiger partial charge in [-0.2, -0.15) is 0 Å². The van der Waals surface area contributed by atoms with Gasteiger partial charge in [-0.15, -0.1) is 0 Å². The smallest absolute Gasteiger partial charge is 0.407 e. The van der Waals surface area contributed by atoms with Gasteiger partial charge in [0.15, 0.2) is 0 Å². The maximum absolute atomic E-state index is 11.2. The third-order valence-electron chi connectivity index (χ3n) is 3.26. The van der Waals surface area contributed by atoms with Crippen molar-refractivity contribution in [3.8, 4) is 0 Å². The molecule has 2 atom stereocenters. The Balaban J connectivity index is 2.05. The van der Waals surface area contributed by atoms with E-state index in [1.54, 1.807) is 0 Å². The molecule has 1 amide bonds. The standard InChI is InChI=1S/C13H17NO3/c15-12-7-6-11(8-12)14(13(16)17)9-10-4-2-1-3-5-10/h1-5,11-12,15H,6-9H2,(H,16,17). The van der Waals surface area contributed by atoms with Gasteiger partial charge in [-0.3, -0.25) is 0 Å². The minimum atomic E-state index is -0.909. The number of benzene rings is 1. The van der Waals surface area contributed by atoms with Gasteiger partial charge in [0.05, 0.1) is 6.10 Å². The van der Waals surface area contributed by atoms with Crippen LogP contribution in [0.2, 0.25) is 0 Å². The van der Waals surface area contributed by atoms with Crippen LogP contribution in [0.3, 0.4) is 0 Å². The van der Waals surface area contributed by atoms with Crippen molar-refractivity contribution in [3.63, 3.8) is 0 Å². The molecule has 2 unspecified atom stereocenters. The first-order valence-electron chi connectivity index (χ1n) is 5.88. The lowest BCUT2D eigenvalue weighted by Crippen LogP contribution is -2.37. The lowest BCUT2D eigenvalue weighted by Gasteiger charge is -2.26. The second kappa shape index (κ2) is 5.19. The maximum Gasteiger partial charge on any atom is 0.407 e. The van der Waals surface area contributed by atoms with Gasteiger partial charge in [0.1, 0.15) is 0 Å². The molecule has 0 bridgehead atoms. The van der Waals surface area contributed by atoms with Crippen molar-refractivity contribution < 1.29 is 15.0 Å². The highest BCUT2D eigenvalue weighted by Crippen LogP contribution is 2.25. The highest BCUT2D eigenvalue weighted by molar-refractivity contribution is 5.65. The number of carbonyl (C=O) groups is 1. The van der Waals surface area contributed by atoms with Crippen molar-refractivity contribution in [2.45, 2.75) is 38.0 Å². The molecule has 0 aromatic heterocycles. The van der Waals surface area contributed by atoms with Crippen LogP contribution >= 0.6 is 0 Å². The molecule has 4 heteroatoms. The molecule has 0 aliphatic heterocycles. The highest BCUT2D eigenvalue weighted by Gasteiger charge is 2.30. The van der Waals surface area contributed by atoms with Crippen molar-refractivity contribution in [1.82, 2.24) is 4.90 Å². The van der Waals surface area contributed by atoms with Gasteiger partial charge in [0.25, 0.3) is 0 Å². The van der Waals surface area contributed by atoms with Gasteiger partial charge < -0.3 is 15.1 Å². The fourth-order valence-electron chi connectivity index (χ4n) is 2.35. The number of carboxylic acid groups (broad SMARTS) is 1. The molecular formula is C13H17NO3. The minimum absolute atomic E-state index is 0.0530. The van der Waals surface area contributed by atoms with E-state index < -0.39 is 6.09 Å². The van der Waals surface area contributed by atoms with Crippen molar-refractivity contribution in [1.29, 1.82) is 0 Å². The highest BCUT2D eigenvalue weighted by atomic mass is 16.4. The summed E-state index contributed by atoms with van der Waals surface area (Å²) in [6, 6.07) is 9.50. The third kappa shape index (κ3) is 2.97. The molecule has 2 rings (SSSR count). The van der Waals surface area contributed by atoms with Gasteiger partial charge in [-0.25, -0.2) is 4.79 Å². The second-order valence-electron chi connectivity index (χ2n) is 4.52. The van der Waals surface area contributed by atoms with E-state index in [4.69, 9.17) is 0 Å². The van der Waals surface area contributed by atoms with Gasteiger partial charge in [-0.1, -0.05) is 30.3 Å². The topological polar surface area (TPSA) is 60.8 Å². The van der Waals surface area contributed by atoms with Gasteiger partial charge >= 0.3 is 6.09 Å². The second-order valence-corrected chi connectivity index (χ2v) is 4.52. The van der Waals surface area contributed by atoms with Crippen molar-refractivity contribution in [3.05, 3.63) is 35.9 Å². The van der Waals surface area contributed by atoms with E-state index in [0.717, 1.165) is 12.0 Å². The number of rotatable bonds is 3. The van der Waals surface area contributed by atoms with E-state index in [-0.39, 0.29) is 12.1 Å². The molecule has 0 radical (unpaired) electrons. The summed E-state index contributed by atoms with van der Waals surface area (Å²) in [5.41, 5.74) is 0.983. The Labute approximate surface area is 100 Å². The number of aliphatic hydroxyl groups excluding tert-OH is 1. The van der Waals surface area contributed by atoms with E-state index in [0.29, 0.717) is 19.4 Å². The number of hydrogen-bond donors (Lipinski definition) is 2. The van der Waals surface area contributed by atoms with Crippen molar-refractivity contribution >= 4 is 6.09 Å². The van der Waals surface area contributed by atoms with Crippen LogP contribution in [0.25, 0.3) is 0 Å². The van der Waals surface area contributed by atoms with Crippen LogP contribution in [-0.4, -0.2) is 33.4 Å². The molecule has 1 aliphatic carbocycles. The summed E-state index contributed by atoms with van der Waals surface area (Å²) >= 11 is 0. The Morgan fingerprint density at radius 1 is 1.29 bits per heavy atom.